The molecule has 0 amide bonds. The van der Waals surface area contributed by atoms with Gasteiger partial charge in [-0.1, -0.05) is 54.6 Å². The van der Waals surface area contributed by atoms with E-state index in [1.54, 1.807) is 6.07 Å². The van der Waals surface area contributed by atoms with Crippen LogP contribution in [0.2, 0.25) is 15.2 Å². The molecule has 31 heavy (non-hydrogen) atoms. The molecule has 12 heteroatoms. The van der Waals surface area contributed by atoms with Gasteiger partial charge >= 0.3 is 5.69 Å². The number of aromatic nitrogens is 5. The summed E-state index contributed by atoms with van der Waals surface area (Å²) in [7, 11) is 0. The van der Waals surface area contributed by atoms with Crippen LogP contribution in [0, 0.1) is 0 Å². The number of aromatic amines is 1. The van der Waals surface area contributed by atoms with E-state index in [0.717, 1.165) is 35.9 Å². The molecule has 3 N–H and O–H groups in total. The first-order chi connectivity index (χ1) is 14.7. The summed E-state index contributed by atoms with van der Waals surface area (Å²) in [5, 5.41) is 12.3. The summed E-state index contributed by atoms with van der Waals surface area (Å²) >= 11 is 19.0. The molecular weight excluding hydrogens is 467 g/mol. The predicted molar refractivity (Wildman–Crippen MR) is 118 cm³/mol. The van der Waals surface area contributed by atoms with Crippen molar-refractivity contribution in [3.05, 3.63) is 59.8 Å². The number of nitrogens with two attached hydrogens (primary N) is 1. The van der Waals surface area contributed by atoms with Crippen molar-refractivity contribution in [2.45, 2.75) is 38.0 Å². The number of nitrogen functional groups attached to an aromatic ring is 1. The number of nitrogens with zero attached hydrogens (tertiary/aromatic N) is 4. The number of anilines is 1. The smallest absolute Gasteiger partial charge is 0.349 e. The number of benzene rings is 1. The molecule has 0 radical (unpaired) electrons. The lowest BCUT2D eigenvalue weighted by Gasteiger charge is -2.24. The van der Waals surface area contributed by atoms with Crippen molar-refractivity contribution in [2.75, 3.05) is 5.73 Å². The molecule has 0 unspecified atom stereocenters. The normalized spacial score (nSPS) is 15.2. The SMILES string of the molecule is CC1(c2cc(Oc3c(Cl)cc(-n4nc(N)c(=O)[nH]c4=O)cc3Cl)nnc2Cl)CCCC1. The highest BCUT2D eigenvalue weighted by Crippen LogP contribution is 2.44. The molecule has 9 nitrogen and oxygen atoms in total. The minimum atomic E-state index is -0.794. The van der Waals surface area contributed by atoms with Crippen LogP contribution in [-0.4, -0.2) is 25.0 Å². The molecule has 0 aliphatic heterocycles. The van der Waals surface area contributed by atoms with E-state index < -0.39 is 11.2 Å². The molecule has 3 aromatic rings. The Kier molecular flexibility index (Phi) is 5.67. The van der Waals surface area contributed by atoms with Crippen LogP contribution in [0.1, 0.15) is 38.2 Å². The maximum atomic E-state index is 12.1. The van der Waals surface area contributed by atoms with Crippen molar-refractivity contribution in [1.29, 1.82) is 0 Å². The largest absolute Gasteiger partial charge is 0.434 e. The lowest BCUT2D eigenvalue weighted by Crippen LogP contribution is -2.33. The summed E-state index contributed by atoms with van der Waals surface area (Å²) < 4.78 is 6.69. The molecular formula is C19H17Cl3N6O3. The molecule has 0 bridgehead atoms. The van der Waals surface area contributed by atoms with Crippen molar-refractivity contribution in [3.8, 4) is 17.3 Å². The summed E-state index contributed by atoms with van der Waals surface area (Å²) in [6.45, 7) is 2.14. The average Bonchev–Trinajstić information content (AvgIpc) is 3.16. The van der Waals surface area contributed by atoms with E-state index in [2.05, 4.69) is 27.2 Å². The van der Waals surface area contributed by atoms with Gasteiger partial charge in [-0.25, -0.2) is 4.79 Å². The van der Waals surface area contributed by atoms with Gasteiger partial charge < -0.3 is 10.5 Å². The van der Waals surface area contributed by atoms with Crippen molar-refractivity contribution >= 4 is 40.6 Å². The second kappa shape index (κ2) is 8.14. The first-order valence-electron chi connectivity index (χ1n) is 9.38. The van der Waals surface area contributed by atoms with Crippen LogP contribution < -0.4 is 21.7 Å². The monoisotopic (exact) mass is 482 g/mol. The van der Waals surface area contributed by atoms with Crippen LogP contribution >= 0.6 is 34.8 Å². The van der Waals surface area contributed by atoms with Gasteiger partial charge in [-0.3, -0.25) is 9.78 Å². The Balaban J connectivity index is 1.70. The fraction of sp³-hybridized carbons (Fsp3) is 0.316. The molecule has 1 aliphatic carbocycles. The first kappa shape index (κ1) is 21.6. The summed E-state index contributed by atoms with van der Waals surface area (Å²) in [6, 6.07) is 4.55. The molecule has 1 saturated carbocycles. The highest BCUT2D eigenvalue weighted by Gasteiger charge is 2.33. The molecule has 2 heterocycles. The second-order valence-corrected chi connectivity index (χ2v) is 8.72. The maximum absolute atomic E-state index is 12.1. The van der Waals surface area contributed by atoms with E-state index in [1.165, 1.54) is 12.1 Å². The third kappa shape index (κ3) is 4.13. The van der Waals surface area contributed by atoms with Gasteiger partial charge in [0.1, 0.15) is 0 Å². The van der Waals surface area contributed by atoms with E-state index >= 15 is 0 Å². The molecule has 2 aromatic heterocycles. The van der Waals surface area contributed by atoms with Crippen molar-refractivity contribution < 1.29 is 4.74 Å². The summed E-state index contributed by atoms with van der Waals surface area (Å²) in [4.78, 5) is 25.5. The number of ether oxygens (including phenoxy) is 1. The number of halogens is 3. The molecule has 1 aliphatic rings. The van der Waals surface area contributed by atoms with Crippen LogP contribution in [0.25, 0.3) is 5.69 Å². The molecule has 1 fully saturated rings. The Morgan fingerprint density at radius 2 is 1.74 bits per heavy atom. The van der Waals surface area contributed by atoms with Crippen molar-refractivity contribution in [3.63, 3.8) is 0 Å². The number of rotatable bonds is 4. The van der Waals surface area contributed by atoms with Crippen LogP contribution in [-0.2, 0) is 5.41 Å². The van der Waals surface area contributed by atoms with E-state index in [0.29, 0.717) is 5.15 Å². The summed E-state index contributed by atoms with van der Waals surface area (Å²) in [5.41, 5.74) is 4.87. The first-order valence-corrected chi connectivity index (χ1v) is 10.5. The summed E-state index contributed by atoms with van der Waals surface area (Å²) in [5.74, 6) is -0.0686. The lowest BCUT2D eigenvalue weighted by molar-refractivity contribution is 0.442. The fourth-order valence-electron chi connectivity index (χ4n) is 3.72. The Hall–Kier alpha value is -2.62. The van der Waals surface area contributed by atoms with Gasteiger partial charge in [-0.15, -0.1) is 15.3 Å². The number of H-pyrrole nitrogens is 1. The quantitative estimate of drug-likeness (QED) is 0.576. The van der Waals surface area contributed by atoms with Gasteiger partial charge in [-0.2, -0.15) is 4.68 Å². The minimum absolute atomic E-state index is 0.0892. The third-order valence-corrected chi connectivity index (χ3v) is 6.21. The predicted octanol–water partition coefficient (Wildman–Crippen LogP) is 3.88. The minimum Gasteiger partial charge on any atom is -0.434 e. The fourth-order valence-corrected chi connectivity index (χ4v) is 4.59. The zero-order valence-electron chi connectivity index (χ0n) is 16.3. The van der Waals surface area contributed by atoms with Gasteiger partial charge in [0.15, 0.2) is 10.9 Å². The number of nitrogens with one attached hydrogen (secondary N) is 1. The zero-order valence-corrected chi connectivity index (χ0v) is 18.6. The summed E-state index contributed by atoms with van der Waals surface area (Å²) in [6.07, 6.45) is 4.23. The molecule has 162 valence electrons. The molecule has 0 spiro atoms. The molecule has 4 rings (SSSR count). The van der Waals surface area contributed by atoms with E-state index in [1.807, 2.05) is 0 Å². The van der Waals surface area contributed by atoms with Crippen LogP contribution in [0.3, 0.4) is 0 Å². The second-order valence-electron chi connectivity index (χ2n) is 7.55. The van der Waals surface area contributed by atoms with Crippen LogP contribution in [0.5, 0.6) is 11.6 Å². The van der Waals surface area contributed by atoms with Gasteiger partial charge in [0.25, 0.3) is 5.56 Å². The van der Waals surface area contributed by atoms with Gasteiger partial charge in [0.2, 0.25) is 11.7 Å². The van der Waals surface area contributed by atoms with E-state index in [-0.39, 0.29) is 38.6 Å². The standard InChI is InChI=1S/C19H17Cl3N6O3/c1-19(4-2-3-5-19)10-8-13(25-26-15(10)22)31-14-11(20)6-9(7-12(14)21)28-18(30)24-17(29)16(23)27-28/h6-8H,2-5H2,1H3,(H2,23,27)(H,24,29,30). The molecule has 0 saturated heterocycles. The Morgan fingerprint density at radius 1 is 1.10 bits per heavy atom. The van der Waals surface area contributed by atoms with Gasteiger partial charge in [0.05, 0.1) is 15.7 Å². The third-order valence-electron chi connectivity index (χ3n) is 5.37. The Morgan fingerprint density at radius 3 is 2.39 bits per heavy atom. The number of hydrogen-bond donors (Lipinski definition) is 2. The van der Waals surface area contributed by atoms with Gasteiger partial charge in [0, 0.05) is 11.6 Å². The van der Waals surface area contributed by atoms with Crippen molar-refractivity contribution in [1.82, 2.24) is 25.0 Å². The zero-order chi connectivity index (χ0) is 22.3. The highest BCUT2D eigenvalue weighted by atomic mass is 35.5. The lowest BCUT2D eigenvalue weighted by atomic mass is 9.82. The van der Waals surface area contributed by atoms with E-state index in [9.17, 15) is 9.59 Å². The van der Waals surface area contributed by atoms with Crippen LogP contribution in [0.4, 0.5) is 5.82 Å². The molecule has 0 atom stereocenters. The number of hydrogen-bond acceptors (Lipinski definition) is 7. The maximum Gasteiger partial charge on any atom is 0.349 e. The topological polar surface area (TPSA) is 129 Å². The highest BCUT2D eigenvalue weighted by molar-refractivity contribution is 6.37. The Bertz CT molecular complexity index is 1260. The van der Waals surface area contributed by atoms with Gasteiger partial charge in [-0.05, 0) is 30.4 Å². The van der Waals surface area contributed by atoms with Crippen LogP contribution in [0.15, 0.2) is 27.8 Å². The Labute approximate surface area is 191 Å². The average molecular weight is 484 g/mol. The van der Waals surface area contributed by atoms with E-state index in [4.69, 9.17) is 45.3 Å². The van der Waals surface area contributed by atoms with Crippen molar-refractivity contribution in [2.24, 2.45) is 0 Å². The molecule has 1 aromatic carbocycles.